The summed E-state index contributed by atoms with van der Waals surface area (Å²) in [6.07, 6.45) is 3.22. The number of halogens is 1. The first-order valence-corrected chi connectivity index (χ1v) is 14.5. The summed E-state index contributed by atoms with van der Waals surface area (Å²) < 4.78 is 35.0. The van der Waals surface area contributed by atoms with Crippen LogP contribution in [-0.2, 0) is 21.4 Å². The van der Waals surface area contributed by atoms with Gasteiger partial charge in [-0.2, -0.15) is 0 Å². The number of sulfonamides is 1. The molecule has 0 aliphatic carbocycles. The van der Waals surface area contributed by atoms with E-state index in [1.165, 1.54) is 12.1 Å². The number of amides is 1. The Morgan fingerprint density at radius 3 is 2.45 bits per heavy atom. The molecule has 4 N–H and O–H groups in total. The summed E-state index contributed by atoms with van der Waals surface area (Å²) in [7, 11) is -3.93. The Balaban J connectivity index is 1.66. The highest BCUT2D eigenvalue weighted by Gasteiger charge is 2.23. The van der Waals surface area contributed by atoms with Crippen molar-refractivity contribution in [2.75, 3.05) is 11.3 Å². The number of nitrogens with zero attached hydrogens (tertiary/aromatic N) is 1. The largest absolute Gasteiger partial charge is 0.488 e. The van der Waals surface area contributed by atoms with Crippen molar-refractivity contribution in [1.29, 1.82) is 0 Å². The Hall–Kier alpha value is -4.45. The molecule has 0 saturated carbocycles. The van der Waals surface area contributed by atoms with Crippen molar-refractivity contribution in [3.8, 4) is 16.9 Å². The summed E-state index contributed by atoms with van der Waals surface area (Å²) in [6, 6.07) is 16.5. The molecule has 0 aliphatic heterocycles. The topological polar surface area (TPSA) is 155 Å². The highest BCUT2D eigenvalue weighted by atomic mass is 35.5. The lowest BCUT2D eigenvalue weighted by Crippen LogP contribution is -2.43. The molecule has 4 rings (SSSR count). The molecule has 1 amide bonds. The zero-order valence-electron chi connectivity index (χ0n) is 22.7. The molecule has 0 saturated heterocycles. The summed E-state index contributed by atoms with van der Waals surface area (Å²) in [6.45, 7) is 2.67. The maximum absolute atomic E-state index is 13.2. The fourth-order valence-electron chi connectivity index (χ4n) is 4.09. The van der Waals surface area contributed by atoms with Crippen LogP contribution in [0.4, 0.5) is 5.69 Å². The molecule has 42 heavy (non-hydrogen) atoms. The number of rotatable bonds is 11. The predicted octanol–water partition coefficient (Wildman–Crippen LogP) is 4.57. The van der Waals surface area contributed by atoms with Crippen molar-refractivity contribution in [3.05, 3.63) is 106 Å². The molecule has 4 aromatic rings. The van der Waals surface area contributed by atoms with E-state index >= 15 is 0 Å². The van der Waals surface area contributed by atoms with E-state index in [1.54, 1.807) is 80.8 Å². The van der Waals surface area contributed by atoms with Crippen molar-refractivity contribution >= 4 is 39.2 Å². The fourth-order valence-corrected chi connectivity index (χ4v) is 5.67. The maximum Gasteiger partial charge on any atom is 0.328 e. The van der Waals surface area contributed by atoms with Crippen LogP contribution in [0.3, 0.4) is 0 Å². The van der Waals surface area contributed by atoms with Gasteiger partial charge in [0.1, 0.15) is 12.4 Å². The maximum atomic E-state index is 13.2. The predicted molar refractivity (Wildman–Crippen MR) is 158 cm³/mol. The third-order valence-electron chi connectivity index (χ3n) is 6.32. The number of carbonyl (C=O) groups is 2. The minimum Gasteiger partial charge on any atom is -0.488 e. The Morgan fingerprint density at radius 2 is 1.76 bits per heavy atom. The van der Waals surface area contributed by atoms with Gasteiger partial charge in [0.05, 0.1) is 17.1 Å². The number of aliphatic carboxylic acids is 1. The third kappa shape index (κ3) is 7.24. The smallest absolute Gasteiger partial charge is 0.328 e. The van der Waals surface area contributed by atoms with E-state index in [4.69, 9.17) is 16.3 Å². The number of carboxylic acids is 1. The fraction of sp³-hybridized carbons (Fsp3) is 0.167. The molecule has 1 unspecified atom stereocenters. The average Bonchev–Trinajstić information content (AvgIpc) is 2.96. The number of ether oxygens (including phenoxy) is 1. The Bertz CT molecular complexity index is 1730. The molecule has 218 valence electrons. The second-order valence-electron chi connectivity index (χ2n) is 9.46. The van der Waals surface area contributed by atoms with E-state index in [0.29, 0.717) is 33.0 Å². The van der Waals surface area contributed by atoms with Gasteiger partial charge in [-0.1, -0.05) is 35.9 Å². The molecule has 1 heterocycles. The number of aliphatic hydroxyl groups excluding tert-OH is 1. The van der Waals surface area contributed by atoms with Gasteiger partial charge < -0.3 is 20.3 Å². The molecule has 1 aromatic heterocycles. The number of carboxylic acid groups (broad SMARTS) is 1. The number of aromatic nitrogens is 1. The van der Waals surface area contributed by atoms with Gasteiger partial charge >= 0.3 is 5.97 Å². The minimum atomic E-state index is -3.93. The monoisotopic (exact) mass is 609 g/mol. The molecular weight excluding hydrogens is 582 g/mol. The highest BCUT2D eigenvalue weighted by molar-refractivity contribution is 7.92. The number of aryl methyl sites for hydroxylation is 2. The van der Waals surface area contributed by atoms with Crippen LogP contribution >= 0.6 is 11.6 Å². The molecule has 3 aromatic carbocycles. The van der Waals surface area contributed by atoms with Gasteiger partial charge in [0.15, 0.2) is 6.04 Å². The van der Waals surface area contributed by atoms with E-state index in [0.717, 1.165) is 5.56 Å². The van der Waals surface area contributed by atoms with Crippen molar-refractivity contribution in [3.63, 3.8) is 0 Å². The molecule has 1 atom stereocenters. The van der Waals surface area contributed by atoms with Crippen molar-refractivity contribution in [2.45, 2.75) is 31.4 Å². The molecular formula is C30H28ClN3O7S. The van der Waals surface area contributed by atoms with E-state index in [-0.39, 0.29) is 22.8 Å². The van der Waals surface area contributed by atoms with Crippen molar-refractivity contribution in [1.82, 2.24) is 10.3 Å². The van der Waals surface area contributed by atoms with Gasteiger partial charge in [-0.15, -0.1) is 0 Å². The van der Waals surface area contributed by atoms with Crippen LogP contribution in [0.5, 0.6) is 5.75 Å². The number of anilines is 1. The Morgan fingerprint density at radius 1 is 1.00 bits per heavy atom. The lowest BCUT2D eigenvalue weighted by atomic mass is 10.0. The number of aliphatic hydroxyl groups is 1. The molecule has 0 spiro atoms. The highest BCUT2D eigenvalue weighted by Crippen LogP contribution is 2.31. The van der Waals surface area contributed by atoms with Gasteiger partial charge in [0.2, 0.25) is 0 Å². The normalized spacial score (nSPS) is 11.9. The van der Waals surface area contributed by atoms with Gasteiger partial charge in [0, 0.05) is 28.7 Å². The quantitative estimate of drug-likeness (QED) is 0.193. The number of benzene rings is 3. The average molecular weight is 610 g/mol. The van der Waals surface area contributed by atoms with Crippen LogP contribution in [0.25, 0.3) is 11.1 Å². The van der Waals surface area contributed by atoms with Crippen LogP contribution in [-0.4, -0.2) is 48.1 Å². The van der Waals surface area contributed by atoms with Crippen molar-refractivity contribution in [2.24, 2.45) is 0 Å². The molecule has 0 aliphatic rings. The summed E-state index contributed by atoms with van der Waals surface area (Å²) >= 11 is 6.14. The molecule has 0 fully saturated rings. The first-order chi connectivity index (χ1) is 20.0. The van der Waals surface area contributed by atoms with E-state index in [1.807, 2.05) is 0 Å². The van der Waals surface area contributed by atoms with Crippen LogP contribution < -0.4 is 14.8 Å². The van der Waals surface area contributed by atoms with E-state index in [9.17, 15) is 28.2 Å². The summed E-state index contributed by atoms with van der Waals surface area (Å²) in [5.74, 6) is -1.99. The Kier molecular flexibility index (Phi) is 9.46. The summed E-state index contributed by atoms with van der Waals surface area (Å²) in [4.78, 5) is 28.4. The Labute approximate surface area is 248 Å². The lowest BCUT2D eigenvalue weighted by Gasteiger charge is -2.16. The molecule has 10 nitrogen and oxygen atoms in total. The van der Waals surface area contributed by atoms with Crippen LogP contribution in [0.1, 0.15) is 27.0 Å². The molecule has 0 bridgehead atoms. The minimum absolute atomic E-state index is 0.0489. The zero-order chi connectivity index (χ0) is 30.4. The van der Waals surface area contributed by atoms with Gasteiger partial charge in [0.25, 0.3) is 15.9 Å². The zero-order valence-corrected chi connectivity index (χ0v) is 24.2. The van der Waals surface area contributed by atoms with E-state index in [2.05, 4.69) is 15.0 Å². The first-order valence-electron chi connectivity index (χ1n) is 12.7. The number of pyridine rings is 1. The number of nitrogens with one attached hydrogen (secondary N) is 2. The number of hydrogen-bond donors (Lipinski definition) is 4. The number of hydrogen-bond acceptors (Lipinski definition) is 7. The summed E-state index contributed by atoms with van der Waals surface area (Å²) in [5, 5.41) is 21.3. The van der Waals surface area contributed by atoms with Gasteiger partial charge in [-0.05, 0) is 78.6 Å². The van der Waals surface area contributed by atoms with Crippen LogP contribution in [0.15, 0.2) is 84.0 Å². The first kappa shape index (κ1) is 30.5. The van der Waals surface area contributed by atoms with Crippen LogP contribution in [0, 0.1) is 13.8 Å². The van der Waals surface area contributed by atoms with E-state index < -0.39 is 34.5 Å². The third-order valence-corrected chi connectivity index (χ3v) is 8.25. The standard InChI is InChI=1S/C30H28ClN3O7S/c1-18-12-28(19(2)11-25(18)31)42(39,40)34-23-7-3-6-21(13-23)22-8-9-24(29(36)33-26(16-35)30(37)38)27(14-22)41-17-20-5-4-10-32-15-20/h3-15,26,34-35H,16-17H2,1-2H3,(H,33,36)(H,37,38). The van der Waals surface area contributed by atoms with Crippen molar-refractivity contribution < 1.29 is 33.0 Å². The van der Waals surface area contributed by atoms with Gasteiger partial charge in [-0.25, -0.2) is 13.2 Å². The molecule has 12 heteroatoms. The van der Waals surface area contributed by atoms with Gasteiger partial charge in [-0.3, -0.25) is 14.5 Å². The molecule has 0 radical (unpaired) electrons. The second-order valence-corrected chi connectivity index (χ2v) is 11.5. The SMILES string of the molecule is Cc1cc(S(=O)(=O)Nc2cccc(-c3ccc(C(=O)NC(CO)C(=O)O)c(OCc4cccnc4)c3)c2)c(C)cc1Cl. The number of carbonyl (C=O) groups excluding carboxylic acids is 1. The second kappa shape index (κ2) is 13.0. The van der Waals surface area contributed by atoms with Crippen LogP contribution in [0.2, 0.25) is 5.02 Å². The summed E-state index contributed by atoms with van der Waals surface area (Å²) in [5.41, 5.74) is 3.45. The lowest BCUT2D eigenvalue weighted by molar-refractivity contribution is -0.140.